The summed E-state index contributed by atoms with van der Waals surface area (Å²) >= 11 is 0. The van der Waals surface area contributed by atoms with Crippen molar-refractivity contribution in [3.63, 3.8) is 0 Å². The second-order valence-corrected chi connectivity index (χ2v) is 4.82. The summed E-state index contributed by atoms with van der Waals surface area (Å²) in [6.45, 7) is 2.58. The molecule has 106 valence electrons. The minimum absolute atomic E-state index is 0.202. The van der Waals surface area contributed by atoms with Crippen molar-refractivity contribution < 1.29 is 4.39 Å². The van der Waals surface area contributed by atoms with E-state index in [0.717, 1.165) is 26.1 Å². The lowest BCUT2D eigenvalue weighted by molar-refractivity contribution is 0.351. The highest BCUT2D eigenvalue weighted by atomic mass is 19.1. The Morgan fingerprint density at radius 3 is 2.60 bits per heavy atom. The summed E-state index contributed by atoms with van der Waals surface area (Å²) < 4.78 is 13.4. The zero-order valence-electron chi connectivity index (χ0n) is 11.7. The quantitative estimate of drug-likeness (QED) is 0.841. The molecule has 1 aromatic carbocycles. The van der Waals surface area contributed by atoms with Crippen LogP contribution in [0.3, 0.4) is 0 Å². The summed E-state index contributed by atoms with van der Waals surface area (Å²) in [6, 6.07) is 10.8. The number of rotatable bonds is 7. The highest BCUT2D eigenvalue weighted by Gasteiger charge is 2.02. The first-order chi connectivity index (χ1) is 9.75. The molecule has 0 atom stereocenters. The number of halogens is 1. The lowest BCUT2D eigenvalue weighted by Crippen LogP contribution is -2.27. The van der Waals surface area contributed by atoms with Gasteiger partial charge in [-0.1, -0.05) is 12.1 Å². The van der Waals surface area contributed by atoms with Crippen LogP contribution in [0.1, 0.15) is 5.56 Å². The van der Waals surface area contributed by atoms with Gasteiger partial charge in [0.25, 0.3) is 0 Å². The van der Waals surface area contributed by atoms with Gasteiger partial charge < -0.3 is 10.2 Å². The van der Waals surface area contributed by atoms with Crippen LogP contribution in [0.15, 0.2) is 48.8 Å². The minimum Gasteiger partial charge on any atom is -0.381 e. The van der Waals surface area contributed by atoms with E-state index in [2.05, 4.69) is 22.2 Å². The van der Waals surface area contributed by atoms with Gasteiger partial charge in [0.05, 0.1) is 5.69 Å². The zero-order valence-corrected chi connectivity index (χ0v) is 11.7. The number of aromatic nitrogens is 1. The van der Waals surface area contributed by atoms with Gasteiger partial charge in [-0.2, -0.15) is 0 Å². The van der Waals surface area contributed by atoms with Crippen molar-refractivity contribution in [2.75, 3.05) is 32.0 Å². The van der Waals surface area contributed by atoms with Crippen LogP contribution in [0.4, 0.5) is 10.1 Å². The molecule has 1 heterocycles. The average Bonchev–Trinajstić information content (AvgIpc) is 2.48. The summed E-state index contributed by atoms with van der Waals surface area (Å²) in [6.07, 6.45) is 4.63. The first kappa shape index (κ1) is 14.5. The fourth-order valence-corrected chi connectivity index (χ4v) is 1.97. The lowest BCUT2D eigenvalue weighted by atomic mass is 10.2. The van der Waals surface area contributed by atoms with E-state index >= 15 is 0 Å². The van der Waals surface area contributed by atoms with Crippen molar-refractivity contribution in [3.05, 3.63) is 60.2 Å². The zero-order chi connectivity index (χ0) is 14.2. The highest BCUT2D eigenvalue weighted by Crippen LogP contribution is 2.11. The fraction of sp³-hybridized carbons (Fsp3) is 0.312. The normalized spacial score (nSPS) is 10.8. The molecular formula is C16H20FN3. The third-order valence-corrected chi connectivity index (χ3v) is 3.21. The first-order valence-electron chi connectivity index (χ1n) is 6.81. The molecular weight excluding hydrogens is 253 g/mol. The number of hydrogen-bond acceptors (Lipinski definition) is 3. The SMILES string of the molecule is CN(CCNc1ccccc1F)CCc1ccncc1. The summed E-state index contributed by atoms with van der Waals surface area (Å²) in [4.78, 5) is 6.24. The molecule has 2 aromatic rings. The Morgan fingerprint density at radius 2 is 1.85 bits per heavy atom. The predicted molar refractivity (Wildman–Crippen MR) is 80.3 cm³/mol. The van der Waals surface area contributed by atoms with Crippen LogP contribution in [-0.2, 0) is 6.42 Å². The van der Waals surface area contributed by atoms with Gasteiger partial charge in [0.15, 0.2) is 0 Å². The Kier molecular flexibility index (Phi) is 5.50. The second kappa shape index (κ2) is 7.60. The van der Waals surface area contributed by atoms with E-state index in [1.807, 2.05) is 30.6 Å². The summed E-state index contributed by atoms with van der Waals surface area (Å²) in [5.41, 5.74) is 1.85. The molecule has 0 bridgehead atoms. The molecule has 2 rings (SSSR count). The van der Waals surface area contributed by atoms with Crippen molar-refractivity contribution in [3.8, 4) is 0 Å². The number of nitrogens with zero attached hydrogens (tertiary/aromatic N) is 2. The topological polar surface area (TPSA) is 28.2 Å². The predicted octanol–water partition coefficient (Wildman–Crippen LogP) is 2.81. The third-order valence-electron chi connectivity index (χ3n) is 3.21. The number of anilines is 1. The molecule has 0 aliphatic heterocycles. The molecule has 20 heavy (non-hydrogen) atoms. The first-order valence-corrected chi connectivity index (χ1v) is 6.81. The number of likely N-dealkylation sites (N-methyl/N-ethyl adjacent to an activating group) is 1. The van der Waals surface area contributed by atoms with Crippen molar-refractivity contribution >= 4 is 5.69 Å². The fourth-order valence-electron chi connectivity index (χ4n) is 1.97. The Labute approximate surface area is 119 Å². The molecule has 0 amide bonds. The minimum atomic E-state index is -0.202. The van der Waals surface area contributed by atoms with Gasteiger partial charge in [-0.3, -0.25) is 4.98 Å². The van der Waals surface area contributed by atoms with Gasteiger partial charge in [-0.15, -0.1) is 0 Å². The summed E-state index contributed by atoms with van der Waals surface area (Å²) in [7, 11) is 2.07. The van der Waals surface area contributed by atoms with Crippen LogP contribution in [0, 0.1) is 5.82 Å². The van der Waals surface area contributed by atoms with Crippen molar-refractivity contribution in [1.82, 2.24) is 9.88 Å². The van der Waals surface area contributed by atoms with Crippen molar-refractivity contribution in [2.45, 2.75) is 6.42 Å². The Morgan fingerprint density at radius 1 is 1.10 bits per heavy atom. The van der Waals surface area contributed by atoms with Gasteiger partial charge in [0.1, 0.15) is 5.82 Å². The molecule has 0 aliphatic carbocycles. The van der Waals surface area contributed by atoms with Gasteiger partial charge >= 0.3 is 0 Å². The Balaban J connectivity index is 1.68. The maximum atomic E-state index is 13.4. The molecule has 3 nitrogen and oxygen atoms in total. The summed E-state index contributed by atoms with van der Waals surface area (Å²) in [5, 5.41) is 3.12. The molecule has 0 radical (unpaired) electrons. The van der Waals surface area contributed by atoms with Gasteiger partial charge in [0.2, 0.25) is 0 Å². The number of para-hydroxylation sites is 1. The number of benzene rings is 1. The van der Waals surface area contributed by atoms with E-state index in [1.165, 1.54) is 11.6 Å². The molecule has 0 aliphatic rings. The number of nitrogens with one attached hydrogen (secondary N) is 1. The number of hydrogen-bond donors (Lipinski definition) is 1. The van der Waals surface area contributed by atoms with Crippen molar-refractivity contribution in [1.29, 1.82) is 0 Å². The lowest BCUT2D eigenvalue weighted by Gasteiger charge is -2.17. The molecule has 0 saturated carbocycles. The van der Waals surface area contributed by atoms with Crippen LogP contribution in [0.2, 0.25) is 0 Å². The van der Waals surface area contributed by atoms with Crippen LogP contribution in [0.5, 0.6) is 0 Å². The Hall–Kier alpha value is -1.94. The monoisotopic (exact) mass is 273 g/mol. The molecule has 1 N–H and O–H groups in total. The van der Waals surface area contributed by atoms with E-state index in [-0.39, 0.29) is 5.82 Å². The van der Waals surface area contributed by atoms with E-state index < -0.39 is 0 Å². The van der Waals surface area contributed by atoms with Crippen LogP contribution >= 0.6 is 0 Å². The molecule has 0 unspecified atom stereocenters. The second-order valence-electron chi connectivity index (χ2n) is 4.82. The van der Waals surface area contributed by atoms with Crippen LogP contribution in [0.25, 0.3) is 0 Å². The maximum Gasteiger partial charge on any atom is 0.146 e. The average molecular weight is 273 g/mol. The van der Waals surface area contributed by atoms with E-state index in [0.29, 0.717) is 5.69 Å². The van der Waals surface area contributed by atoms with E-state index in [4.69, 9.17) is 0 Å². The number of pyridine rings is 1. The molecule has 0 saturated heterocycles. The molecule has 4 heteroatoms. The van der Waals surface area contributed by atoms with Gasteiger partial charge in [-0.25, -0.2) is 4.39 Å². The van der Waals surface area contributed by atoms with Crippen LogP contribution in [-0.4, -0.2) is 36.6 Å². The highest BCUT2D eigenvalue weighted by molar-refractivity contribution is 5.44. The summed E-state index contributed by atoms with van der Waals surface area (Å²) in [5.74, 6) is -0.202. The Bertz CT molecular complexity index is 516. The van der Waals surface area contributed by atoms with Gasteiger partial charge in [0, 0.05) is 32.0 Å². The third kappa shape index (κ3) is 4.63. The maximum absolute atomic E-state index is 13.4. The van der Waals surface area contributed by atoms with Crippen molar-refractivity contribution in [2.24, 2.45) is 0 Å². The van der Waals surface area contributed by atoms with Crippen LogP contribution < -0.4 is 5.32 Å². The van der Waals surface area contributed by atoms with Gasteiger partial charge in [-0.05, 0) is 43.3 Å². The standard InChI is InChI=1S/C16H20FN3/c1-20(12-8-14-6-9-18-10-7-14)13-11-19-16-5-3-2-4-15(16)17/h2-7,9-10,19H,8,11-13H2,1H3. The molecule has 0 spiro atoms. The van der Waals surface area contributed by atoms with E-state index in [9.17, 15) is 4.39 Å². The molecule has 0 fully saturated rings. The van der Waals surface area contributed by atoms with E-state index in [1.54, 1.807) is 12.1 Å². The smallest absolute Gasteiger partial charge is 0.146 e. The molecule has 1 aromatic heterocycles. The largest absolute Gasteiger partial charge is 0.381 e.